The summed E-state index contributed by atoms with van der Waals surface area (Å²) in [5, 5.41) is 3.34. The van der Waals surface area contributed by atoms with Gasteiger partial charge in [-0.05, 0) is 43.3 Å². The van der Waals surface area contributed by atoms with Crippen molar-refractivity contribution in [2.75, 3.05) is 6.54 Å². The molecule has 0 saturated carbocycles. The lowest BCUT2D eigenvalue weighted by atomic mass is 10.2. The van der Waals surface area contributed by atoms with E-state index >= 15 is 0 Å². The predicted octanol–water partition coefficient (Wildman–Crippen LogP) is 3.49. The summed E-state index contributed by atoms with van der Waals surface area (Å²) in [5.41, 5.74) is 1.88. The van der Waals surface area contributed by atoms with Gasteiger partial charge in [0.05, 0.1) is 0 Å². The van der Waals surface area contributed by atoms with E-state index in [1.54, 1.807) is 6.07 Å². The molecule has 0 aliphatic heterocycles. The number of nitrogens with one attached hydrogen (secondary N) is 1. The van der Waals surface area contributed by atoms with Crippen molar-refractivity contribution in [3.8, 4) is 0 Å². The fraction of sp³-hybridized carbons (Fsp3) is 0.333. The van der Waals surface area contributed by atoms with Crippen LogP contribution in [0.3, 0.4) is 0 Å². The third-order valence-corrected chi connectivity index (χ3v) is 3.16. The van der Waals surface area contributed by atoms with Gasteiger partial charge < -0.3 is 9.88 Å². The van der Waals surface area contributed by atoms with E-state index in [2.05, 4.69) is 19.2 Å². The standard InChI is InChI=1S/C15H18F2N2/c1-3-18-11(2)15-5-4-8-19(15)10-12-6-7-13(16)14(17)9-12/h4-9,11,18H,3,10H2,1-2H3. The van der Waals surface area contributed by atoms with Gasteiger partial charge in [-0.25, -0.2) is 8.78 Å². The highest BCUT2D eigenvalue weighted by atomic mass is 19.2. The monoisotopic (exact) mass is 264 g/mol. The SMILES string of the molecule is CCNC(C)c1cccn1Cc1ccc(F)c(F)c1. The molecule has 2 rings (SSSR count). The van der Waals surface area contributed by atoms with Crippen LogP contribution in [0.2, 0.25) is 0 Å². The molecule has 0 fully saturated rings. The molecule has 1 N–H and O–H groups in total. The molecule has 1 unspecified atom stereocenters. The normalized spacial score (nSPS) is 12.6. The Morgan fingerprint density at radius 2 is 2.00 bits per heavy atom. The number of benzene rings is 1. The summed E-state index contributed by atoms with van der Waals surface area (Å²) in [7, 11) is 0. The molecule has 2 nitrogen and oxygen atoms in total. The number of hydrogen-bond acceptors (Lipinski definition) is 1. The number of hydrogen-bond donors (Lipinski definition) is 1. The van der Waals surface area contributed by atoms with Crippen LogP contribution in [0, 0.1) is 11.6 Å². The van der Waals surface area contributed by atoms with Crippen LogP contribution in [-0.2, 0) is 6.54 Å². The summed E-state index contributed by atoms with van der Waals surface area (Å²) in [6.07, 6.45) is 1.95. The zero-order valence-corrected chi connectivity index (χ0v) is 11.2. The Hall–Kier alpha value is -1.68. The van der Waals surface area contributed by atoms with Gasteiger partial charge in [-0.1, -0.05) is 13.0 Å². The molecule has 4 heteroatoms. The first-order chi connectivity index (χ1) is 9.11. The quantitative estimate of drug-likeness (QED) is 0.874. The average molecular weight is 264 g/mol. The Labute approximate surface area is 112 Å². The van der Waals surface area contributed by atoms with Crippen molar-refractivity contribution in [2.24, 2.45) is 0 Å². The van der Waals surface area contributed by atoms with Crippen molar-refractivity contribution in [2.45, 2.75) is 26.4 Å². The summed E-state index contributed by atoms with van der Waals surface area (Å²) in [6.45, 7) is 5.56. The van der Waals surface area contributed by atoms with Crippen LogP contribution in [0.1, 0.15) is 31.1 Å². The second-order valence-corrected chi connectivity index (χ2v) is 4.59. The number of aromatic nitrogens is 1. The highest BCUT2D eigenvalue weighted by Crippen LogP contribution is 2.16. The number of rotatable bonds is 5. The minimum Gasteiger partial charge on any atom is -0.346 e. The molecular weight excluding hydrogens is 246 g/mol. The van der Waals surface area contributed by atoms with E-state index in [-0.39, 0.29) is 6.04 Å². The average Bonchev–Trinajstić information content (AvgIpc) is 2.82. The molecule has 1 heterocycles. The van der Waals surface area contributed by atoms with Crippen molar-refractivity contribution in [1.29, 1.82) is 0 Å². The van der Waals surface area contributed by atoms with Gasteiger partial charge in [0.15, 0.2) is 11.6 Å². The van der Waals surface area contributed by atoms with Crippen molar-refractivity contribution in [3.05, 3.63) is 59.4 Å². The van der Waals surface area contributed by atoms with Crippen molar-refractivity contribution in [3.63, 3.8) is 0 Å². The van der Waals surface area contributed by atoms with Crippen LogP contribution in [-0.4, -0.2) is 11.1 Å². The van der Waals surface area contributed by atoms with Gasteiger partial charge in [-0.2, -0.15) is 0 Å². The Kier molecular flexibility index (Phi) is 4.32. The molecule has 0 amide bonds. The van der Waals surface area contributed by atoms with Gasteiger partial charge in [-0.3, -0.25) is 0 Å². The molecule has 1 atom stereocenters. The zero-order chi connectivity index (χ0) is 13.8. The van der Waals surface area contributed by atoms with E-state index in [9.17, 15) is 8.78 Å². The Bertz CT molecular complexity index is 549. The molecular formula is C15H18F2N2. The molecule has 0 aliphatic rings. The Morgan fingerprint density at radius 3 is 2.68 bits per heavy atom. The van der Waals surface area contributed by atoms with Gasteiger partial charge in [0.25, 0.3) is 0 Å². The molecule has 0 spiro atoms. The predicted molar refractivity (Wildman–Crippen MR) is 72.0 cm³/mol. The van der Waals surface area contributed by atoms with E-state index in [1.165, 1.54) is 12.1 Å². The van der Waals surface area contributed by atoms with Crippen molar-refractivity contribution >= 4 is 0 Å². The van der Waals surface area contributed by atoms with Gasteiger partial charge in [-0.15, -0.1) is 0 Å². The van der Waals surface area contributed by atoms with Crippen LogP contribution >= 0.6 is 0 Å². The van der Waals surface area contributed by atoms with E-state index in [4.69, 9.17) is 0 Å². The van der Waals surface area contributed by atoms with Crippen LogP contribution in [0.5, 0.6) is 0 Å². The first kappa shape index (κ1) is 13.7. The summed E-state index contributed by atoms with van der Waals surface area (Å²) in [4.78, 5) is 0. The Balaban J connectivity index is 2.19. The lowest BCUT2D eigenvalue weighted by Gasteiger charge is -2.16. The van der Waals surface area contributed by atoms with E-state index in [0.717, 1.165) is 17.8 Å². The molecule has 19 heavy (non-hydrogen) atoms. The van der Waals surface area contributed by atoms with Crippen molar-refractivity contribution in [1.82, 2.24) is 9.88 Å². The highest BCUT2D eigenvalue weighted by molar-refractivity contribution is 5.20. The molecule has 0 aliphatic carbocycles. The van der Waals surface area contributed by atoms with Gasteiger partial charge in [0.2, 0.25) is 0 Å². The van der Waals surface area contributed by atoms with Gasteiger partial charge in [0.1, 0.15) is 0 Å². The lowest BCUT2D eigenvalue weighted by Crippen LogP contribution is -2.20. The highest BCUT2D eigenvalue weighted by Gasteiger charge is 2.10. The Morgan fingerprint density at radius 1 is 1.21 bits per heavy atom. The van der Waals surface area contributed by atoms with E-state index in [0.29, 0.717) is 6.54 Å². The van der Waals surface area contributed by atoms with Crippen LogP contribution in [0.15, 0.2) is 36.5 Å². The topological polar surface area (TPSA) is 17.0 Å². The zero-order valence-electron chi connectivity index (χ0n) is 11.2. The molecule has 0 radical (unpaired) electrons. The molecule has 0 saturated heterocycles. The van der Waals surface area contributed by atoms with Crippen LogP contribution in [0.25, 0.3) is 0 Å². The first-order valence-corrected chi connectivity index (χ1v) is 6.44. The molecule has 0 bridgehead atoms. The summed E-state index contributed by atoms with van der Waals surface area (Å²) >= 11 is 0. The summed E-state index contributed by atoms with van der Waals surface area (Å²) in [5.74, 6) is -1.61. The van der Waals surface area contributed by atoms with Crippen LogP contribution in [0.4, 0.5) is 8.78 Å². The minimum atomic E-state index is -0.808. The summed E-state index contributed by atoms with van der Waals surface area (Å²) < 4.78 is 28.1. The number of halogens is 2. The molecule has 2 aromatic rings. The fourth-order valence-corrected chi connectivity index (χ4v) is 2.21. The second kappa shape index (κ2) is 5.97. The maximum Gasteiger partial charge on any atom is 0.159 e. The second-order valence-electron chi connectivity index (χ2n) is 4.59. The maximum absolute atomic E-state index is 13.2. The minimum absolute atomic E-state index is 0.227. The molecule has 102 valence electrons. The van der Waals surface area contributed by atoms with Gasteiger partial charge in [0, 0.05) is 24.5 Å². The van der Waals surface area contributed by atoms with Crippen molar-refractivity contribution < 1.29 is 8.78 Å². The third kappa shape index (κ3) is 3.20. The van der Waals surface area contributed by atoms with E-state index in [1.807, 2.05) is 22.9 Å². The molecule has 1 aromatic carbocycles. The third-order valence-electron chi connectivity index (χ3n) is 3.16. The molecule has 1 aromatic heterocycles. The van der Waals surface area contributed by atoms with Gasteiger partial charge >= 0.3 is 0 Å². The largest absolute Gasteiger partial charge is 0.346 e. The summed E-state index contributed by atoms with van der Waals surface area (Å²) in [6, 6.07) is 8.25. The smallest absolute Gasteiger partial charge is 0.159 e. The fourth-order valence-electron chi connectivity index (χ4n) is 2.21. The first-order valence-electron chi connectivity index (χ1n) is 6.44. The van der Waals surface area contributed by atoms with E-state index < -0.39 is 11.6 Å². The lowest BCUT2D eigenvalue weighted by molar-refractivity contribution is 0.505. The maximum atomic E-state index is 13.2. The van der Waals surface area contributed by atoms with Crippen LogP contribution < -0.4 is 5.32 Å². The number of nitrogens with zero attached hydrogens (tertiary/aromatic N) is 1.